The van der Waals surface area contributed by atoms with Crippen LogP contribution >= 0.6 is 0 Å². The van der Waals surface area contributed by atoms with E-state index >= 15 is 0 Å². The molecule has 0 radical (unpaired) electrons. The molecule has 0 bridgehead atoms. The van der Waals surface area contributed by atoms with Crippen molar-refractivity contribution < 1.29 is 4.74 Å². The Morgan fingerprint density at radius 3 is 2.62 bits per heavy atom. The first kappa shape index (κ1) is 14.0. The molecule has 0 aliphatic carbocycles. The second-order valence-electron chi connectivity index (χ2n) is 5.29. The topological polar surface area (TPSA) is 21.3 Å². The Hall–Kier alpha value is -0.0800. The summed E-state index contributed by atoms with van der Waals surface area (Å²) < 4.78 is 5.61. The van der Waals surface area contributed by atoms with E-state index < -0.39 is 0 Å². The van der Waals surface area contributed by atoms with Crippen LogP contribution in [0.1, 0.15) is 58.8 Å². The van der Waals surface area contributed by atoms with Gasteiger partial charge in [0.2, 0.25) is 0 Å². The van der Waals surface area contributed by atoms with Crippen molar-refractivity contribution in [3.05, 3.63) is 0 Å². The van der Waals surface area contributed by atoms with Gasteiger partial charge in [0.15, 0.2) is 0 Å². The Morgan fingerprint density at radius 2 is 2.00 bits per heavy atom. The van der Waals surface area contributed by atoms with E-state index in [0.29, 0.717) is 5.41 Å². The van der Waals surface area contributed by atoms with Crippen molar-refractivity contribution in [2.75, 3.05) is 26.3 Å². The first-order chi connectivity index (χ1) is 7.83. The van der Waals surface area contributed by atoms with Gasteiger partial charge >= 0.3 is 0 Å². The monoisotopic (exact) mass is 227 g/mol. The zero-order chi connectivity index (χ0) is 11.7. The maximum atomic E-state index is 5.61. The molecule has 0 aromatic carbocycles. The molecule has 1 saturated heterocycles. The predicted molar refractivity (Wildman–Crippen MR) is 69.8 cm³/mol. The quantitative estimate of drug-likeness (QED) is 0.610. The third kappa shape index (κ3) is 4.84. The van der Waals surface area contributed by atoms with Crippen molar-refractivity contribution in [3.63, 3.8) is 0 Å². The predicted octanol–water partition coefficient (Wildman–Crippen LogP) is 3.36. The fourth-order valence-corrected chi connectivity index (χ4v) is 2.53. The minimum Gasteiger partial charge on any atom is -0.381 e. The van der Waals surface area contributed by atoms with Gasteiger partial charge in [-0.15, -0.1) is 0 Å². The zero-order valence-electron chi connectivity index (χ0n) is 11.2. The second-order valence-corrected chi connectivity index (χ2v) is 5.29. The molecular formula is C14H29NO. The van der Waals surface area contributed by atoms with Crippen LogP contribution in [0.4, 0.5) is 0 Å². The maximum Gasteiger partial charge on any atom is 0.0535 e. The molecular weight excluding hydrogens is 198 g/mol. The molecule has 1 atom stereocenters. The molecule has 2 nitrogen and oxygen atoms in total. The van der Waals surface area contributed by atoms with Gasteiger partial charge in [-0.05, 0) is 25.8 Å². The Balaban J connectivity index is 2.22. The van der Waals surface area contributed by atoms with Crippen LogP contribution in [0.5, 0.6) is 0 Å². The highest BCUT2D eigenvalue weighted by Gasteiger charge is 2.33. The summed E-state index contributed by atoms with van der Waals surface area (Å²) in [5.41, 5.74) is 0.461. The summed E-state index contributed by atoms with van der Waals surface area (Å²) >= 11 is 0. The molecule has 1 aliphatic heterocycles. The average molecular weight is 227 g/mol. The SMILES string of the molecule is CCCCCCC1(CNCCC)CCOC1. The highest BCUT2D eigenvalue weighted by molar-refractivity contribution is 4.85. The second kappa shape index (κ2) is 8.08. The van der Waals surface area contributed by atoms with Crippen LogP contribution < -0.4 is 5.32 Å². The van der Waals surface area contributed by atoms with E-state index in [1.807, 2.05) is 0 Å². The van der Waals surface area contributed by atoms with Gasteiger partial charge in [-0.1, -0.05) is 39.5 Å². The summed E-state index contributed by atoms with van der Waals surface area (Å²) in [7, 11) is 0. The van der Waals surface area contributed by atoms with Crippen molar-refractivity contribution in [1.29, 1.82) is 0 Å². The Morgan fingerprint density at radius 1 is 1.12 bits per heavy atom. The normalized spacial score (nSPS) is 25.1. The fraction of sp³-hybridized carbons (Fsp3) is 1.00. The number of unbranched alkanes of at least 4 members (excludes halogenated alkanes) is 3. The molecule has 0 aromatic heterocycles. The van der Waals surface area contributed by atoms with E-state index in [9.17, 15) is 0 Å². The van der Waals surface area contributed by atoms with Crippen LogP contribution in [0.2, 0.25) is 0 Å². The van der Waals surface area contributed by atoms with E-state index in [4.69, 9.17) is 4.74 Å². The molecule has 1 N–H and O–H groups in total. The number of rotatable bonds is 9. The van der Waals surface area contributed by atoms with Crippen LogP contribution in [-0.2, 0) is 4.74 Å². The lowest BCUT2D eigenvalue weighted by Crippen LogP contribution is -2.35. The molecule has 0 spiro atoms. The van der Waals surface area contributed by atoms with Gasteiger partial charge in [-0.2, -0.15) is 0 Å². The van der Waals surface area contributed by atoms with Crippen molar-refractivity contribution in [2.24, 2.45) is 5.41 Å². The Bertz CT molecular complexity index is 164. The van der Waals surface area contributed by atoms with Crippen LogP contribution in [0.3, 0.4) is 0 Å². The third-order valence-corrected chi connectivity index (χ3v) is 3.67. The third-order valence-electron chi connectivity index (χ3n) is 3.67. The smallest absolute Gasteiger partial charge is 0.0535 e. The lowest BCUT2D eigenvalue weighted by atomic mass is 9.81. The van der Waals surface area contributed by atoms with Crippen molar-refractivity contribution in [2.45, 2.75) is 58.8 Å². The summed E-state index contributed by atoms with van der Waals surface area (Å²) in [6.45, 7) is 8.77. The minimum absolute atomic E-state index is 0.461. The molecule has 1 unspecified atom stereocenters. The van der Waals surface area contributed by atoms with Gasteiger partial charge in [-0.25, -0.2) is 0 Å². The summed E-state index contributed by atoms with van der Waals surface area (Å²) in [5.74, 6) is 0. The van der Waals surface area contributed by atoms with Crippen LogP contribution in [0.15, 0.2) is 0 Å². The summed E-state index contributed by atoms with van der Waals surface area (Å²) in [6.07, 6.45) is 9.33. The van der Waals surface area contributed by atoms with E-state index in [1.165, 1.54) is 44.9 Å². The summed E-state index contributed by atoms with van der Waals surface area (Å²) in [4.78, 5) is 0. The largest absolute Gasteiger partial charge is 0.381 e. The molecule has 0 aromatic rings. The van der Waals surface area contributed by atoms with Crippen molar-refractivity contribution in [1.82, 2.24) is 5.32 Å². The van der Waals surface area contributed by atoms with Crippen LogP contribution in [-0.4, -0.2) is 26.3 Å². The van der Waals surface area contributed by atoms with E-state index in [0.717, 1.165) is 26.3 Å². The van der Waals surface area contributed by atoms with Crippen molar-refractivity contribution >= 4 is 0 Å². The maximum absolute atomic E-state index is 5.61. The van der Waals surface area contributed by atoms with Gasteiger partial charge in [0.1, 0.15) is 0 Å². The number of hydrogen-bond donors (Lipinski definition) is 1. The molecule has 1 fully saturated rings. The van der Waals surface area contributed by atoms with Gasteiger partial charge in [0, 0.05) is 18.6 Å². The Labute approximate surface area is 101 Å². The molecule has 0 saturated carbocycles. The summed E-state index contributed by atoms with van der Waals surface area (Å²) in [5, 5.41) is 3.58. The van der Waals surface area contributed by atoms with Gasteiger partial charge in [-0.3, -0.25) is 0 Å². The average Bonchev–Trinajstić information content (AvgIpc) is 2.74. The van der Waals surface area contributed by atoms with Crippen LogP contribution in [0.25, 0.3) is 0 Å². The number of ether oxygens (including phenoxy) is 1. The lowest BCUT2D eigenvalue weighted by Gasteiger charge is -2.27. The number of hydrogen-bond acceptors (Lipinski definition) is 2. The molecule has 0 amide bonds. The fourth-order valence-electron chi connectivity index (χ4n) is 2.53. The van der Waals surface area contributed by atoms with E-state index in [-0.39, 0.29) is 0 Å². The van der Waals surface area contributed by atoms with Crippen LogP contribution in [0, 0.1) is 5.41 Å². The lowest BCUT2D eigenvalue weighted by molar-refractivity contribution is 0.142. The molecule has 1 rings (SSSR count). The minimum atomic E-state index is 0.461. The van der Waals surface area contributed by atoms with E-state index in [2.05, 4.69) is 19.2 Å². The molecule has 96 valence electrons. The molecule has 2 heteroatoms. The molecule has 1 heterocycles. The van der Waals surface area contributed by atoms with Gasteiger partial charge in [0.05, 0.1) is 6.61 Å². The summed E-state index contributed by atoms with van der Waals surface area (Å²) in [6, 6.07) is 0. The molecule has 1 aliphatic rings. The first-order valence-corrected chi connectivity index (χ1v) is 7.11. The highest BCUT2D eigenvalue weighted by Crippen LogP contribution is 2.33. The Kier molecular flexibility index (Phi) is 7.06. The van der Waals surface area contributed by atoms with Crippen molar-refractivity contribution in [3.8, 4) is 0 Å². The zero-order valence-corrected chi connectivity index (χ0v) is 11.2. The van der Waals surface area contributed by atoms with Gasteiger partial charge in [0.25, 0.3) is 0 Å². The highest BCUT2D eigenvalue weighted by atomic mass is 16.5. The van der Waals surface area contributed by atoms with Gasteiger partial charge < -0.3 is 10.1 Å². The number of nitrogens with one attached hydrogen (secondary N) is 1. The first-order valence-electron chi connectivity index (χ1n) is 7.11. The standard InChI is InChI=1S/C14H29NO/c1-3-5-6-7-8-14(9-11-16-13-14)12-15-10-4-2/h15H,3-13H2,1-2H3. The molecule has 16 heavy (non-hydrogen) atoms. The van der Waals surface area contributed by atoms with E-state index in [1.54, 1.807) is 0 Å².